The van der Waals surface area contributed by atoms with Crippen molar-refractivity contribution in [2.75, 3.05) is 9.80 Å². The van der Waals surface area contributed by atoms with Crippen molar-refractivity contribution < 1.29 is 0 Å². The number of hydrogen-bond donors (Lipinski definition) is 0. The van der Waals surface area contributed by atoms with E-state index in [1.807, 2.05) is 11.3 Å². The zero-order valence-corrected chi connectivity index (χ0v) is 26.6. The van der Waals surface area contributed by atoms with Crippen molar-refractivity contribution in [1.82, 2.24) is 0 Å². The lowest BCUT2D eigenvalue weighted by molar-refractivity contribution is 1.26. The Labute approximate surface area is 254 Å². The number of benzene rings is 5. The van der Waals surface area contributed by atoms with Crippen LogP contribution in [-0.2, 0) is 0 Å². The first-order valence-electron chi connectivity index (χ1n) is 14.8. The van der Waals surface area contributed by atoms with Crippen LogP contribution in [0.5, 0.6) is 0 Å². The van der Waals surface area contributed by atoms with E-state index in [0.717, 1.165) is 0 Å². The monoisotopic (exact) mass is 576 g/mol. The van der Waals surface area contributed by atoms with Gasteiger partial charge < -0.3 is 9.80 Å². The summed E-state index contributed by atoms with van der Waals surface area (Å²) in [6, 6.07) is 41.3. The molecular weight excluding hydrogens is 543 g/mol. The first-order valence-corrected chi connectivity index (χ1v) is 19.1. The maximum absolute atomic E-state index is 2.58. The summed E-state index contributed by atoms with van der Waals surface area (Å²) in [5, 5.41) is 2.81. The fourth-order valence-electron chi connectivity index (χ4n) is 6.75. The topological polar surface area (TPSA) is 6.48 Å². The van der Waals surface area contributed by atoms with Crippen molar-refractivity contribution in [2.24, 2.45) is 0 Å². The molecule has 0 atom stereocenters. The van der Waals surface area contributed by atoms with Gasteiger partial charge in [-0.2, -0.15) is 0 Å². The second kappa shape index (κ2) is 9.22. The zero-order valence-electron chi connectivity index (χ0n) is 24.8. The van der Waals surface area contributed by atoms with Crippen molar-refractivity contribution in [1.29, 1.82) is 0 Å². The number of hydrogen-bond acceptors (Lipinski definition) is 3. The summed E-state index contributed by atoms with van der Waals surface area (Å²) in [6.07, 6.45) is 0. The molecule has 6 aromatic rings. The molecule has 0 fully saturated rings. The van der Waals surface area contributed by atoms with Crippen LogP contribution in [0.25, 0.3) is 10.1 Å². The number of anilines is 6. The Bertz CT molecular complexity index is 2000. The number of para-hydroxylation sites is 1. The largest absolute Gasteiger partial charge is 0.311 e. The van der Waals surface area contributed by atoms with Crippen molar-refractivity contribution in [2.45, 2.75) is 33.5 Å². The average Bonchev–Trinajstić information content (AvgIpc) is 3.37. The SMILES string of the molecule is Cc1ccc(N2c3ccccc3B3c4sc5ccccc5c4N(c4ccc(C)cc4)c4cc([Si](C)(C)C)cc2c43)cc1. The first-order chi connectivity index (χ1) is 20.3. The third-order valence-corrected chi connectivity index (χ3v) is 12.2. The third kappa shape index (κ3) is 3.77. The van der Waals surface area contributed by atoms with Gasteiger partial charge in [-0.25, -0.2) is 0 Å². The van der Waals surface area contributed by atoms with Crippen molar-refractivity contribution in [3.05, 3.63) is 120 Å². The van der Waals surface area contributed by atoms with Gasteiger partial charge in [-0.05, 0) is 73.3 Å². The summed E-state index contributed by atoms with van der Waals surface area (Å²) in [5.41, 5.74) is 13.0. The molecule has 0 saturated heterocycles. The highest BCUT2D eigenvalue weighted by Crippen LogP contribution is 2.47. The van der Waals surface area contributed by atoms with E-state index in [-0.39, 0.29) is 6.71 Å². The van der Waals surface area contributed by atoms with Gasteiger partial charge in [0.15, 0.2) is 0 Å². The standard InChI is InChI=1S/C37H33BN2SSi/c1-24-14-18-26(19-15-24)39-31-12-8-7-11-30(31)38-35-32(39)22-28(42(3,4)5)23-33(35)40(27-20-16-25(2)17-21-27)36-29-10-6-9-13-34(29)41-37(36)38/h6-23H,1-5H3. The Kier molecular flexibility index (Phi) is 5.63. The van der Waals surface area contributed by atoms with Crippen LogP contribution in [0.1, 0.15) is 11.1 Å². The van der Waals surface area contributed by atoms with E-state index in [0.29, 0.717) is 0 Å². The molecule has 2 aliphatic heterocycles. The quantitative estimate of drug-likeness (QED) is 0.196. The van der Waals surface area contributed by atoms with Gasteiger partial charge in [-0.15, -0.1) is 11.3 Å². The maximum atomic E-state index is 2.58. The Morgan fingerprint density at radius 2 is 1.19 bits per heavy atom. The van der Waals surface area contributed by atoms with Crippen LogP contribution in [0.2, 0.25) is 19.6 Å². The Morgan fingerprint density at radius 3 is 1.86 bits per heavy atom. The van der Waals surface area contributed by atoms with E-state index >= 15 is 0 Å². The van der Waals surface area contributed by atoms with Gasteiger partial charge in [0.2, 0.25) is 0 Å². The van der Waals surface area contributed by atoms with E-state index in [1.165, 1.54) is 76.2 Å². The zero-order chi connectivity index (χ0) is 28.7. The van der Waals surface area contributed by atoms with Crippen molar-refractivity contribution in [3.8, 4) is 0 Å². The van der Waals surface area contributed by atoms with E-state index in [2.05, 4.69) is 152 Å². The van der Waals surface area contributed by atoms with Crippen LogP contribution in [-0.4, -0.2) is 14.8 Å². The lowest BCUT2D eigenvalue weighted by Gasteiger charge is -2.44. The maximum Gasteiger partial charge on any atom is 0.264 e. The Hall–Kier alpha value is -4.06. The minimum atomic E-state index is -1.69. The normalized spacial score (nSPS) is 13.7. The summed E-state index contributed by atoms with van der Waals surface area (Å²) in [4.78, 5) is 5.10. The van der Waals surface area contributed by atoms with Crippen molar-refractivity contribution >= 4 is 91.2 Å². The van der Waals surface area contributed by atoms with E-state index in [4.69, 9.17) is 0 Å². The molecule has 0 radical (unpaired) electrons. The molecule has 2 nitrogen and oxygen atoms in total. The molecule has 5 heteroatoms. The van der Waals surface area contributed by atoms with E-state index in [1.54, 1.807) is 0 Å². The molecule has 0 bridgehead atoms. The van der Waals surface area contributed by atoms with Crippen LogP contribution in [0.3, 0.4) is 0 Å². The predicted octanol–water partition coefficient (Wildman–Crippen LogP) is 8.15. The average molecular weight is 577 g/mol. The fourth-order valence-corrected chi connectivity index (χ4v) is 9.20. The van der Waals surface area contributed by atoms with E-state index < -0.39 is 8.07 Å². The number of thiophene rings is 1. The Morgan fingerprint density at radius 1 is 0.619 bits per heavy atom. The third-order valence-electron chi connectivity index (χ3n) is 8.93. The lowest BCUT2D eigenvalue weighted by Crippen LogP contribution is -2.61. The van der Waals surface area contributed by atoms with Crippen LogP contribution >= 0.6 is 11.3 Å². The highest BCUT2D eigenvalue weighted by Gasteiger charge is 2.45. The van der Waals surface area contributed by atoms with Crippen LogP contribution in [0.15, 0.2) is 109 Å². The smallest absolute Gasteiger partial charge is 0.264 e. The van der Waals surface area contributed by atoms with Crippen LogP contribution < -0.4 is 30.7 Å². The van der Waals surface area contributed by atoms with Gasteiger partial charge in [0, 0.05) is 43.3 Å². The molecule has 0 N–H and O–H groups in total. The molecule has 0 spiro atoms. The molecule has 0 aliphatic carbocycles. The van der Waals surface area contributed by atoms with Gasteiger partial charge >= 0.3 is 0 Å². The van der Waals surface area contributed by atoms with Gasteiger partial charge in [-0.1, -0.05) is 96.6 Å². The summed E-state index contributed by atoms with van der Waals surface area (Å²) in [6.45, 7) is 11.9. The molecule has 0 amide bonds. The van der Waals surface area contributed by atoms with Gasteiger partial charge in [0.1, 0.15) is 0 Å². The molecule has 5 aromatic carbocycles. The first kappa shape index (κ1) is 25.6. The van der Waals surface area contributed by atoms with Gasteiger partial charge in [0.05, 0.1) is 13.8 Å². The summed E-state index contributed by atoms with van der Waals surface area (Å²) < 4.78 is 2.78. The molecule has 2 aliphatic rings. The Balaban J connectivity index is 1.53. The summed E-state index contributed by atoms with van der Waals surface area (Å²) in [7, 11) is -1.69. The predicted molar refractivity (Wildman–Crippen MR) is 188 cm³/mol. The highest BCUT2D eigenvalue weighted by atomic mass is 32.1. The molecule has 3 heterocycles. The second-order valence-electron chi connectivity index (χ2n) is 12.8. The van der Waals surface area contributed by atoms with Gasteiger partial charge in [-0.3, -0.25) is 0 Å². The van der Waals surface area contributed by atoms with Crippen molar-refractivity contribution in [3.63, 3.8) is 0 Å². The van der Waals surface area contributed by atoms with Crippen LogP contribution in [0.4, 0.5) is 34.1 Å². The van der Waals surface area contributed by atoms with Crippen LogP contribution in [0, 0.1) is 13.8 Å². The molecule has 0 unspecified atom stereocenters. The molecule has 42 heavy (non-hydrogen) atoms. The number of nitrogens with zero attached hydrogens (tertiary/aromatic N) is 2. The number of aryl methyl sites for hydroxylation is 2. The summed E-state index contributed by atoms with van der Waals surface area (Å²) >= 11 is 1.96. The summed E-state index contributed by atoms with van der Waals surface area (Å²) in [5.74, 6) is 0. The molecular formula is C37H33BN2SSi. The number of fused-ring (bicyclic) bond motifs is 6. The highest BCUT2D eigenvalue weighted by molar-refractivity contribution is 7.33. The minimum absolute atomic E-state index is 0.178. The molecule has 8 rings (SSSR count). The molecule has 204 valence electrons. The van der Waals surface area contributed by atoms with Gasteiger partial charge in [0.25, 0.3) is 6.71 Å². The fraction of sp³-hybridized carbons (Fsp3) is 0.135. The molecule has 1 aromatic heterocycles. The molecule has 0 saturated carbocycles. The van der Waals surface area contributed by atoms with E-state index in [9.17, 15) is 0 Å². The minimum Gasteiger partial charge on any atom is -0.311 e. The lowest BCUT2D eigenvalue weighted by atomic mass is 9.36. The second-order valence-corrected chi connectivity index (χ2v) is 19.0. The number of rotatable bonds is 3.